The van der Waals surface area contributed by atoms with Crippen LogP contribution in [0.1, 0.15) is 19.8 Å². The third kappa shape index (κ3) is 0.683. The van der Waals surface area contributed by atoms with Crippen molar-refractivity contribution in [1.29, 1.82) is 0 Å². The van der Waals surface area contributed by atoms with Gasteiger partial charge in [0.2, 0.25) is 0 Å². The van der Waals surface area contributed by atoms with Crippen LogP contribution in [0.3, 0.4) is 0 Å². The zero-order valence-electron chi connectivity index (χ0n) is 5.83. The van der Waals surface area contributed by atoms with Crippen molar-refractivity contribution in [2.45, 2.75) is 19.8 Å². The first-order valence-corrected chi connectivity index (χ1v) is 3.47. The maximum absolute atomic E-state index is 4.04. The fourth-order valence-electron chi connectivity index (χ4n) is 1.34. The van der Waals surface area contributed by atoms with E-state index in [1.807, 2.05) is 0 Å². The van der Waals surface area contributed by atoms with Gasteiger partial charge in [-0.3, -0.25) is 0 Å². The van der Waals surface area contributed by atoms with E-state index in [-0.39, 0.29) is 0 Å². The van der Waals surface area contributed by atoms with Gasteiger partial charge in [0.25, 0.3) is 0 Å². The summed E-state index contributed by atoms with van der Waals surface area (Å²) in [5.74, 6) is 0.557. The molecule has 1 aliphatic carbocycles. The van der Waals surface area contributed by atoms with Crippen LogP contribution in [0.25, 0.3) is 5.53 Å². The van der Waals surface area contributed by atoms with Crippen LogP contribution in [0.2, 0.25) is 0 Å². The van der Waals surface area contributed by atoms with Crippen LogP contribution < -0.4 is 5.53 Å². The highest BCUT2D eigenvalue weighted by molar-refractivity contribution is 6.45. The zero-order chi connectivity index (χ0) is 6.97. The summed E-state index contributed by atoms with van der Waals surface area (Å²) >= 11 is 0. The molecule has 0 spiro atoms. The number of rotatable bonds is 0. The molecule has 2 rings (SSSR count). The monoisotopic (exact) mass is 137 g/mol. The summed E-state index contributed by atoms with van der Waals surface area (Å²) in [6, 6.07) is 0. The van der Waals surface area contributed by atoms with Crippen molar-refractivity contribution in [3.8, 4) is 0 Å². The van der Waals surface area contributed by atoms with Gasteiger partial charge in [-0.25, -0.2) is 0 Å². The van der Waals surface area contributed by atoms with Gasteiger partial charge in [0.1, 0.15) is 0 Å². The van der Waals surface area contributed by atoms with Crippen molar-refractivity contribution in [3.05, 3.63) is 5.53 Å². The Kier molecular flexibility index (Phi) is 1.12. The molecule has 1 saturated carbocycles. The Morgan fingerprint density at radius 1 is 1.70 bits per heavy atom. The molecule has 4 nitrogen and oxygen atoms in total. The first-order valence-electron chi connectivity index (χ1n) is 3.47. The van der Waals surface area contributed by atoms with Gasteiger partial charge in [-0.1, -0.05) is 6.92 Å². The summed E-state index contributed by atoms with van der Waals surface area (Å²) < 4.78 is 0. The van der Waals surface area contributed by atoms with Gasteiger partial charge >= 0.3 is 0 Å². The van der Waals surface area contributed by atoms with Crippen molar-refractivity contribution in [1.82, 2.24) is 5.53 Å². The van der Waals surface area contributed by atoms with E-state index in [4.69, 9.17) is 0 Å². The third-order valence-corrected chi connectivity index (χ3v) is 1.96. The molecule has 10 heavy (non-hydrogen) atoms. The lowest BCUT2D eigenvalue weighted by molar-refractivity contribution is 0.739. The lowest BCUT2D eigenvalue weighted by Crippen LogP contribution is -2.19. The second-order valence-electron chi connectivity index (χ2n) is 2.68. The molecular weight excluding hydrogens is 128 g/mol. The first-order chi connectivity index (χ1) is 4.88. The Morgan fingerprint density at radius 3 is 3.40 bits per heavy atom. The minimum absolute atomic E-state index is 0.557. The first kappa shape index (κ1) is 5.70. The van der Waals surface area contributed by atoms with Crippen molar-refractivity contribution >= 4 is 11.4 Å². The normalized spacial score (nSPS) is 29.5. The van der Waals surface area contributed by atoms with Crippen molar-refractivity contribution < 1.29 is 0 Å². The van der Waals surface area contributed by atoms with E-state index in [9.17, 15) is 0 Å². The van der Waals surface area contributed by atoms with Crippen LogP contribution >= 0.6 is 0 Å². The third-order valence-electron chi connectivity index (χ3n) is 1.96. The zero-order valence-corrected chi connectivity index (χ0v) is 5.83. The minimum atomic E-state index is 0.557. The molecule has 1 heterocycles. The topological polar surface area (TPSA) is 50.9 Å². The Hall–Kier alpha value is -1.06. The highest BCUT2D eigenvalue weighted by Crippen LogP contribution is 2.22. The fourth-order valence-corrected chi connectivity index (χ4v) is 1.34. The molecule has 4 heteroatoms. The molecule has 0 radical (unpaired) electrons. The summed E-state index contributed by atoms with van der Waals surface area (Å²) in [7, 11) is 0. The number of hydrogen-bond acceptors (Lipinski definition) is 3. The smallest absolute Gasteiger partial charge is 0.0815 e. The van der Waals surface area contributed by atoms with E-state index >= 15 is 0 Å². The van der Waals surface area contributed by atoms with E-state index in [1.54, 1.807) is 0 Å². The molecule has 2 aliphatic rings. The van der Waals surface area contributed by atoms with E-state index in [0.29, 0.717) is 5.92 Å². The quantitative estimate of drug-likeness (QED) is 0.532. The Morgan fingerprint density at radius 2 is 2.60 bits per heavy atom. The van der Waals surface area contributed by atoms with E-state index in [0.717, 1.165) is 24.3 Å². The number of nitrogens with zero attached hydrogens (tertiary/aromatic N) is 3. The lowest BCUT2D eigenvalue weighted by Gasteiger charge is -2.22. The highest BCUT2D eigenvalue weighted by Gasteiger charge is 2.24. The van der Waals surface area contributed by atoms with Crippen LogP contribution in [0.5, 0.6) is 0 Å². The number of hydrogen-bond donors (Lipinski definition) is 1. The van der Waals surface area contributed by atoms with Crippen LogP contribution in [-0.4, -0.2) is 11.4 Å². The Labute approximate surface area is 59.4 Å². The van der Waals surface area contributed by atoms with Crippen molar-refractivity contribution in [2.75, 3.05) is 0 Å². The van der Waals surface area contributed by atoms with Gasteiger partial charge in [0, 0.05) is 11.6 Å². The summed E-state index contributed by atoms with van der Waals surface area (Å²) in [6.07, 6.45) is 2.19. The van der Waals surface area contributed by atoms with Crippen LogP contribution in [0.15, 0.2) is 10.2 Å². The van der Waals surface area contributed by atoms with E-state index < -0.39 is 0 Å². The van der Waals surface area contributed by atoms with Gasteiger partial charge in [-0.2, -0.15) is 5.10 Å². The van der Waals surface area contributed by atoms with Gasteiger partial charge in [0.05, 0.1) is 5.71 Å². The van der Waals surface area contributed by atoms with E-state index in [2.05, 4.69) is 28.2 Å². The van der Waals surface area contributed by atoms with E-state index in [1.165, 1.54) is 0 Å². The molecule has 0 saturated heterocycles. The standard InChI is InChI=1S/C6H9N4/c1-4-2-3-5-6(4)8-10-9-7-5/h4,10H,2-3H2,1H3/q-1. The highest BCUT2D eigenvalue weighted by atomic mass is 15.7. The Bertz CT molecular complexity index is 206. The molecule has 1 atom stereocenters. The number of nitrogens with one attached hydrogen (secondary N) is 1. The fraction of sp³-hybridized carbons (Fsp3) is 0.667. The molecule has 0 aromatic heterocycles. The molecule has 0 aromatic rings. The summed E-state index contributed by atoms with van der Waals surface area (Å²) in [6.45, 7) is 2.16. The molecule has 0 bridgehead atoms. The summed E-state index contributed by atoms with van der Waals surface area (Å²) in [5, 5.41) is 7.98. The van der Waals surface area contributed by atoms with Crippen molar-refractivity contribution in [2.24, 2.45) is 16.1 Å². The second kappa shape index (κ2) is 1.97. The maximum atomic E-state index is 4.04. The van der Waals surface area contributed by atoms with Gasteiger partial charge < -0.3 is 16.2 Å². The van der Waals surface area contributed by atoms with Crippen LogP contribution in [0, 0.1) is 5.92 Å². The van der Waals surface area contributed by atoms with Gasteiger partial charge in [0.15, 0.2) is 0 Å². The molecular formula is C6H9N4-. The molecule has 1 unspecified atom stereocenters. The number of hydrazone groups is 1. The summed E-state index contributed by atoms with van der Waals surface area (Å²) in [4.78, 5) is 0. The average Bonchev–Trinajstić information content (AvgIpc) is 2.34. The van der Waals surface area contributed by atoms with Gasteiger partial charge in [-0.15, -0.1) is 0 Å². The molecule has 54 valence electrons. The second-order valence-corrected chi connectivity index (χ2v) is 2.68. The largest absolute Gasteiger partial charge is 0.498 e. The predicted molar refractivity (Wildman–Crippen MR) is 39.8 cm³/mol. The van der Waals surface area contributed by atoms with Crippen LogP contribution in [-0.2, 0) is 0 Å². The average molecular weight is 137 g/mol. The Balaban J connectivity index is 2.31. The SMILES string of the molecule is CC1CCC2=N[N-]NN=C21. The predicted octanol–water partition coefficient (Wildman–Crippen LogP) is 1.02. The number of fused-ring (bicyclic) bond motifs is 1. The molecule has 1 aliphatic heterocycles. The molecule has 0 amide bonds. The van der Waals surface area contributed by atoms with Gasteiger partial charge in [-0.05, 0) is 12.8 Å². The molecule has 1 fully saturated rings. The maximum Gasteiger partial charge on any atom is 0.0815 e. The van der Waals surface area contributed by atoms with Crippen molar-refractivity contribution in [3.63, 3.8) is 0 Å². The molecule has 0 aromatic carbocycles. The summed E-state index contributed by atoms with van der Waals surface area (Å²) in [5.41, 5.74) is 8.27. The van der Waals surface area contributed by atoms with Crippen LogP contribution in [0.4, 0.5) is 0 Å². The lowest BCUT2D eigenvalue weighted by atomic mass is 10.1. The minimum Gasteiger partial charge on any atom is -0.498 e. The molecule has 1 N–H and O–H groups in total.